The molecule has 2 heterocycles. The lowest BCUT2D eigenvalue weighted by Gasteiger charge is -2.37. The van der Waals surface area contributed by atoms with E-state index in [1.165, 1.54) is 11.3 Å². The van der Waals surface area contributed by atoms with Crippen LogP contribution >= 0.6 is 11.3 Å². The standard InChI is InChI=1S/C16H22N4S/c1-2-14(17)13-5-3-4-6-15(13)19-8-10-20(11-9-19)16-18-7-12-21-16/h3-7,12,14H,2,8-11,17H2,1H3/t14-/m0/s1. The molecule has 1 aliphatic rings. The van der Waals surface area contributed by atoms with E-state index in [-0.39, 0.29) is 6.04 Å². The molecule has 1 fully saturated rings. The third-order valence-corrected chi connectivity index (χ3v) is 4.92. The van der Waals surface area contributed by atoms with Gasteiger partial charge in [-0.05, 0) is 18.1 Å². The van der Waals surface area contributed by atoms with Crippen molar-refractivity contribution in [2.75, 3.05) is 36.0 Å². The Labute approximate surface area is 130 Å². The summed E-state index contributed by atoms with van der Waals surface area (Å²) in [5.41, 5.74) is 8.82. The van der Waals surface area contributed by atoms with Crippen LogP contribution in [0.4, 0.5) is 10.8 Å². The second kappa shape index (κ2) is 6.45. The average molecular weight is 302 g/mol. The molecule has 0 unspecified atom stereocenters. The summed E-state index contributed by atoms with van der Waals surface area (Å²) in [6.07, 6.45) is 2.85. The minimum absolute atomic E-state index is 0.123. The number of aromatic nitrogens is 1. The highest BCUT2D eigenvalue weighted by Gasteiger charge is 2.21. The fourth-order valence-corrected chi connectivity index (χ4v) is 3.52. The summed E-state index contributed by atoms with van der Waals surface area (Å²) in [6.45, 7) is 6.22. The van der Waals surface area contributed by atoms with Gasteiger partial charge >= 0.3 is 0 Å². The van der Waals surface area contributed by atoms with Gasteiger partial charge in [0.25, 0.3) is 0 Å². The predicted molar refractivity (Wildman–Crippen MR) is 90.2 cm³/mol. The van der Waals surface area contributed by atoms with Crippen LogP contribution in [0.15, 0.2) is 35.8 Å². The molecule has 1 aromatic carbocycles. The lowest BCUT2D eigenvalue weighted by Crippen LogP contribution is -2.47. The summed E-state index contributed by atoms with van der Waals surface area (Å²) >= 11 is 1.71. The molecule has 2 aromatic rings. The molecular weight excluding hydrogens is 280 g/mol. The summed E-state index contributed by atoms with van der Waals surface area (Å²) in [6, 6.07) is 8.67. The summed E-state index contributed by atoms with van der Waals surface area (Å²) in [4.78, 5) is 9.22. The third-order valence-electron chi connectivity index (χ3n) is 4.09. The molecule has 0 amide bonds. The van der Waals surface area contributed by atoms with Gasteiger partial charge in [-0.2, -0.15) is 0 Å². The zero-order valence-corrected chi connectivity index (χ0v) is 13.2. The molecule has 0 saturated carbocycles. The highest BCUT2D eigenvalue weighted by atomic mass is 32.1. The monoisotopic (exact) mass is 302 g/mol. The average Bonchev–Trinajstić information content (AvgIpc) is 3.09. The van der Waals surface area contributed by atoms with Gasteiger partial charge in [0.1, 0.15) is 0 Å². The maximum absolute atomic E-state index is 6.26. The normalized spacial score (nSPS) is 17.0. The molecule has 2 N–H and O–H groups in total. The summed E-state index contributed by atoms with van der Waals surface area (Å²) in [5, 5.41) is 3.17. The molecule has 21 heavy (non-hydrogen) atoms. The Morgan fingerprint density at radius 2 is 1.90 bits per heavy atom. The fourth-order valence-electron chi connectivity index (χ4n) is 2.82. The van der Waals surface area contributed by atoms with Crippen molar-refractivity contribution in [3.05, 3.63) is 41.4 Å². The van der Waals surface area contributed by atoms with Crippen molar-refractivity contribution in [1.29, 1.82) is 0 Å². The van der Waals surface area contributed by atoms with Crippen LogP contribution in [0.5, 0.6) is 0 Å². The number of thiazole rings is 1. The number of nitrogens with zero attached hydrogens (tertiary/aromatic N) is 3. The van der Waals surface area contributed by atoms with E-state index in [0.717, 1.165) is 37.7 Å². The Morgan fingerprint density at radius 3 is 2.57 bits per heavy atom. The first-order chi connectivity index (χ1) is 10.3. The largest absolute Gasteiger partial charge is 0.368 e. The van der Waals surface area contributed by atoms with E-state index in [1.807, 2.05) is 11.6 Å². The lowest BCUT2D eigenvalue weighted by molar-refractivity contribution is 0.638. The second-order valence-corrected chi connectivity index (χ2v) is 6.24. The molecule has 0 spiro atoms. The summed E-state index contributed by atoms with van der Waals surface area (Å²) in [5.74, 6) is 0. The SMILES string of the molecule is CC[C@H](N)c1ccccc1N1CCN(c2nccs2)CC1. The van der Waals surface area contributed by atoms with Crippen molar-refractivity contribution in [2.24, 2.45) is 5.73 Å². The van der Waals surface area contributed by atoms with Crippen molar-refractivity contribution < 1.29 is 0 Å². The molecule has 4 nitrogen and oxygen atoms in total. The van der Waals surface area contributed by atoms with Crippen LogP contribution in [0.25, 0.3) is 0 Å². The van der Waals surface area contributed by atoms with E-state index >= 15 is 0 Å². The molecule has 1 aromatic heterocycles. The van der Waals surface area contributed by atoms with Crippen molar-refractivity contribution >= 4 is 22.2 Å². The number of rotatable bonds is 4. The first kappa shape index (κ1) is 14.4. The number of hydrogen-bond acceptors (Lipinski definition) is 5. The molecule has 0 aliphatic carbocycles. The summed E-state index contributed by atoms with van der Waals surface area (Å²) < 4.78 is 0. The lowest BCUT2D eigenvalue weighted by atomic mass is 10.0. The number of benzene rings is 1. The number of nitrogens with two attached hydrogens (primary N) is 1. The summed E-state index contributed by atoms with van der Waals surface area (Å²) in [7, 11) is 0. The van der Waals surface area contributed by atoms with Crippen LogP contribution in [-0.4, -0.2) is 31.2 Å². The molecule has 0 bridgehead atoms. The van der Waals surface area contributed by atoms with Crippen LogP contribution < -0.4 is 15.5 Å². The molecular formula is C16H22N4S. The maximum Gasteiger partial charge on any atom is 0.185 e. The van der Waals surface area contributed by atoms with Gasteiger partial charge in [-0.3, -0.25) is 0 Å². The molecule has 5 heteroatoms. The Morgan fingerprint density at radius 1 is 1.19 bits per heavy atom. The zero-order valence-electron chi connectivity index (χ0n) is 12.4. The van der Waals surface area contributed by atoms with Gasteiger partial charge in [0.2, 0.25) is 0 Å². The number of para-hydroxylation sites is 1. The fraction of sp³-hybridized carbons (Fsp3) is 0.438. The Balaban J connectivity index is 1.72. The molecule has 1 atom stereocenters. The van der Waals surface area contributed by atoms with Crippen LogP contribution in [0.3, 0.4) is 0 Å². The number of anilines is 2. The molecule has 1 aliphatic heterocycles. The van der Waals surface area contributed by atoms with Gasteiger partial charge in [-0.25, -0.2) is 4.98 Å². The number of piperazine rings is 1. The van der Waals surface area contributed by atoms with E-state index in [4.69, 9.17) is 5.73 Å². The minimum Gasteiger partial charge on any atom is -0.368 e. The Bertz CT molecular complexity index is 561. The predicted octanol–water partition coefficient (Wildman–Crippen LogP) is 2.88. The van der Waals surface area contributed by atoms with Crippen LogP contribution in [0.2, 0.25) is 0 Å². The Kier molecular flexibility index (Phi) is 4.41. The minimum atomic E-state index is 0.123. The van der Waals surface area contributed by atoms with Crippen molar-refractivity contribution in [2.45, 2.75) is 19.4 Å². The van der Waals surface area contributed by atoms with E-state index in [2.05, 4.69) is 46.0 Å². The van der Waals surface area contributed by atoms with Crippen molar-refractivity contribution in [3.63, 3.8) is 0 Å². The van der Waals surface area contributed by atoms with E-state index in [9.17, 15) is 0 Å². The van der Waals surface area contributed by atoms with E-state index < -0.39 is 0 Å². The molecule has 1 saturated heterocycles. The van der Waals surface area contributed by atoms with Crippen LogP contribution in [0.1, 0.15) is 24.9 Å². The van der Waals surface area contributed by atoms with Crippen LogP contribution in [0, 0.1) is 0 Å². The van der Waals surface area contributed by atoms with Gasteiger partial charge in [0.15, 0.2) is 5.13 Å². The molecule has 112 valence electrons. The van der Waals surface area contributed by atoms with E-state index in [1.54, 1.807) is 11.3 Å². The smallest absolute Gasteiger partial charge is 0.185 e. The Hall–Kier alpha value is -1.59. The highest BCUT2D eigenvalue weighted by Crippen LogP contribution is 2.28. The van der Waals surface area contributed by atoms with Crippen molar-refractivity contribution in [3.8, 4) is 0 Å². The molecule has 3 rings (SSSR count). The van der Waals surface area contributed by atoms with Gasteiger partial charge in [0, 0.05) is 49.5 Å². The van der Waals surface area contributed by atoms with Crippen LogP contribution in [-0.2, 0) is 0 Å². The van der Waals surface area contributed by atoms with Crippen molar-refractivity contribution in [1.82, 2.24) is 4.98 Å². The van der Waals surface area contributed by atoms with E-state index in [0.29, 0.717) is 0 Å². The van der Waals surface area contributed by atoms with Gasteiger partial charge in [0.05, 0.1) is 0 Å². The first-order valence-electron chi connectivity index (χ1n) is 7.53. The second-order valence-electron chi connectivity index (χ2n) is 5.36. The topological polar surface area (TPSA) is 45.4 Å². The zero-order chi connectivity index (χ0) is 14.7. The highest BCUT2D eigenvalue weighted by molar-refractivity contribution is 7.13. The maximum atomic E-state index is 6.26. The molecule has 0 radical (unpaired) electrons. The van der Waals surface area contributed by atoms with Gasteiger partial charge < -0.3 is 15.5 Å². The first-order valence-corrected chi connectivity index (χ1v) is 8.41. The van der Waals surface area contributed by atoms with Gasteiger partial charge in [-0.15, -0.1) is 11.3 Å². The number of hydrogen-bond donors (Lipinski definition) is 1. The van der Waals surface area contributed by atoms with Gasteiger partial charge in [-0.1, -0.05) is 25.1 Å². The quantitative estimate of drug-likeness (QED) is 0.943. The third kappa shape index (κ3) is 3.04.